The summed E-state index contributed by atoms with van der Waals surface area (Å²) in [5, 5.41) is 4.90. The van der Waals surface area contributed by atoms with Crippen molar-refractivity contribution in [2.45, 2.75) is 11.1 Å². The van der Waals surface area contributed by atoms with Gasteiger partial charge in [-0.15, -0.1) is 0 Å². The van der Waals surface area contributed by atoms with Crippen molar-refractivity contribution < 1.29 is 35.6 Å². The van der Waals surface area contributed by atoms with Crippen LogP contribution in [0.3, 0.4) is 0 Å². The van der Waals surface area contributed by atoms with Crippen molar-refractivity contribution in [2.75, 3.05) is 18.4 Å². The van der Waals surface area contributed by atoms with E-state index < -0.39 is 22.8 Å². The van der Waals surface area contributed by atoms with Crippen molar-refractivity contribution in [3.63, 3.8) is 0 Å². The van der Waals surface area contributed by atoms with Crippen LogP contribution in [0, 0.1) is 0 Å². The fourth-order valence-corrected chi connectivity index (χ4v) is 4.89. The van der Waals surface area contributed by atoms with Crippen molar-refractivity contribution >= 4 is 26.6 Å². The zero-order chi connectivity index (χ0) is 27.6. The Labute approximate surface area is 220 Å². The van der Waals surface area contributed by atoms with Crippen LogP contribution in [0.2, 0.25) is 0 Å². The smallest absolute Gasteiger partial charge is 0.422 e. The van der Waals surface area contributed by atoms with Crippen LogP contribution in [0.1, 0.15) is 0 Å². The Morgan fingerprint density at radius 2 is 1.79 bits per heavy atom. The number of hydrogen-bond acceptors (Lipinski definition) is 8. The lowest BCUT2D eigenvalue weighted by molar-refractivity contribution is -0.154. The van der Waals surface area contributed by atoms with Gasteiger partial charge in [0.15, 0.2) is 12.4 Å². The zero-order valence-corrected chi connectivity index (χ0v) is 21.0. The second-order valence-electron chi connectivity index (χ2n) is 8.24. The molecule has 0 saturated carbocycles. The minimum absolute atomic E-state index is 0.0348. The average molecular weight is 557 g/mol. The van der Waals surface area contributed by atoms with Gasteiger partial charge >= 0.3 is 6.18 Å². The quantitative estimate of drug-likeness (QED) is 0.259. The molecule has 1 N–H and O–H groups in total. The van der Waals surface area contributed by atoms with E-state index in [9.17, 15) is 21.6 Å². The van der Waals surface area contributed by atoms with Crippen molar-refractivity contribution in [1.82, 2.24) is 15.1 Å². The normalized spacial score (nSPS) is 11.9. The molecule has 0 aliphatic heterocycles. The fraction of sp³-hybridized carbons (Fsp3) is 0.115. The maximum absolute atomic E-state index is 12.8. The number of rotatable bonds is 8. The van der Waals surface area contributed by atoms with Crippen LogP contribution >= 0.6 is 0 Å². The number of pyridine rings is 2. The monoisotopic (exact) mass is 556 g/mol. The van der Waals surface area contributed by atoms with Gasteiger partial charge in [-0.1, -0.05) is 17.3 Å². The number of hydrogen-bond donors (Lipinski definition) is 1. The number of alkyl halides is 3. The summed E-state index contributed by atoms with van der Waals surface area (Å²) >= 11 is 0. The Hall–Kier alpha value is -4.65. The van der Waals surface area contributed by atoms with Crippen LogP contribution in [-0.4, -0.2) is 43.4 Å². The van der Waals surface area contributed by atoms with Crippen molar-refractivity contribution in [3.05, 3.63) is 79.3 Å². The van der Waals surface area contributed by atoms with Crippen molar-refractivity contribution in [1.29, 1.82) is 0 Å². The Morgan fingerprint density at radius 3 is 2.49 bits per heavy atom. The van der Waals surface area contributed by atoms with Gasteiger partial charge < -0.3 is 14.0 Å². The molecule has 0 aliphatic rings. The molecule has 5 rings (SSSR count). The average Bonchev–Trinajstić information content (AvgIpc) is 3.43. The van der Waals surface area contributed by atoms with Gasteiger partial charge in [0.1, 0.15) is 12.0 Å². The number of halogens is 3. The van der Waals surface area contributed by atoms with Gasteiger partial charge in [0, 0.05) is 41.0 Å². The Morgan fingerprint density at radius 1 is 0.974 bits per heavy atom. The molecule has 5 aromatic rings. The molecular weight excluding hydrogens is 537 g/mol. The molecule has 2 aromatic carbocycles. The molecule has 39 heavy (non-hydrogen) atoms. The van der Waals surface area contributed by atoms with Gasteiger partial charge in [0.2, 0.25) is 5.88 Å². The first-order valence-corrected chi connectivity index (χ1v) is 12.8. The first-order chi connectivity index (χ1) is 18.6. The predicted molar refractivity (Wildman–Crippen MR) is 136 cm³/mol. The third kappa shape index (κ3) is 5.77. The number of methoxy groups -OCH3 is 1. The number of nitrogens with zero attached hydrogens (tertiary/aromatic N) is 3. The number of nitrogens with one attached hydrogen (secondary N) is 1. The molecule has 0 fully saturated rings. The van der Waals surface area contributed by atoms with E-state index in [-0.39, 0.29) is 16.6 Å². The molecule has 3 heterocycles. The number of aromatic nitrogens is 3. The molecule has 0 saturated heterocycles. The highest BCUT2D eigenvalue weighted by atomic mass is 32.2. The summed E-state index contributed by atoms with van der Waals surface area (Å²) in [6, 6.07) is 16.0. The van der Waals surface area contributed by atoms with E-state index >= 15 is 0 Å². The van der Waals surface area contributed by atoms with Gasteiger partial charge in [-0.2, -0.15) is 13.2 Å². The number of sulfonamides is 1. The lowest BCUT2D eigenvalue weighted by Gasteiger charge is -2.13. The third-order valence-electron chi connectivity index (χ3n) is 5.63. The van der Waals surface area contributed by atoms with Crippen molar-refractivity contribution in [3.8, 4) is 34.0 Å². The van der Waals surface area contributed by atoms with E-state index in [0.29, 0.717) is 38.9 Å². The van der Waals surface area contributed by atoms with E-state index in [4.69, 9.17) is 4.74 Å². The van der Waals surface area contributed by atoms with Crippen LogP contribution in [0.4, 0.5) is 19.0 Å². The van der Waals surface area contributed by atoms with E-state index in [0.717, 1.165) is 0 Å². The lowest BCUT2D eigenvalue weighted by atomic mass is 9.99. The number of fused-ring (bicyclic) bond motifs is 1. The van der Waals surface area contributed by atoms with Crippen LogP contribution in [0.15, 0.2) is 88.7 Å². The summed E-state index contributed by atoms with van der Waals surface area (Å²) in [7, 11) is -2.40. The molecule has 0 atom stereocenters. The number of benzene rings is 2. The summed E-state index contributed by atoms with van der Waals surface area (Å²) in [6.45, 7) is -1.43. The maximum Gasteiger partial charge on any atom is 0.422 e. The Kier molecular flexibility index (Phi) is 6.83. The second kappa shape index (κ2) is 10.3. The first-order valence-electron chi connectivity index (χ1n) is 11.3. The number of anilines is 1. The standard InChI is InChI=1S/C26H19F3N4O5S/c1-36-22-13-16(18-3-7-24(31-14-18)37-15-26(27,28)29)2-5-21(22)25-20-6-4-19(12-17(20)8-10-30-25)39(34,35)33-23-9-11-38-32-23/h2-14H,15H2,1H3,(H,32,33). The lowest BCUT2D eigenvalue weighted by Crippen LogP contribution is -2.19. The second-order valence-corrected chi connectivity index (χ2v) is 9.92. The molecule has 13 heteroatoms. The third-order valence-corrected chi connectivity index (χ3v) is 6.99. The topological polar surface area (TPSA) is 116 Å². The van der Waals surface area contributed by atoms with Gasteiger partial charge in [-0.05, 0) is 47.3 Å². The summed E-state index contributed by atoms with van der Waals surface area (Å²) in [6.07, 6.45) is -0.224. The van der Waals surface area contributed by atoms with E-state index in [2.05, 4.69) is 29.1 Å². The highest BCUT2D eigenvalue weighted by molar-refractivity contribution is 7.92. The minimum atomic E-state index is -4.45. The maximum atomic E-state index is 12.8. The summed E-state index contributed by atoms with van der Waals surface area (Å²) in [5.41, 5.74) is 2.57. The minimum Gasteiger partial charge on any atom is -0.496 e. The molecule has 0 unspecified atom stereocenters. The molecular formula is C26H19F3N4O5S. The molecule has 200 valence electrons. The van der Waals surface area contributed by atoms with Crippen LogP contribution < -0.4 is 14.2 Å². The van der Waals surface area contributed by atoms with Gasteiger partial charge in [-0.3, -0.25) is 9.71 Å². The van der Waals surface area contributed by atoms with Crippen LogP contribution in [0.25, 0.3) is 33.2 Å². The molecule has 0 radical (unpaired) electrons. The summed E-state index contributed by atoms with van der Waals surface area (Å²) < 4.78 is 80.0. The fourth-order valence-electron chi connectivity index (χ4n) is 3.86. The van der Waals surface area contributed by atoms with Crippen molar-refractivity contribution in [2.24, 2.45) is 0 Å². The molecule has 3 aromatic heterocycles. The number of ether oxygens (including phenoxy) is 2. The summed E-state index contributed by atoms with van der Waals surface area (Å²) in [5.74, 6) is 0.403. The van der Waals surface area contributed by atoms with Gasteiger partial charge in [-0.25, -0.2) is 13.4 Å². The molecule has 0 amide bonds. The molecule has 0 spiro atoms. The van der Waals surface area contributed by atoms with Gasteiger partial charge in [0.25, 0.3) is 10.0 Å². The predicted octanol–water partition coefficient (Wildman–Crippen LogP) is 5.70. The molecule has 0 aliphatic carbocycles. The SMILES string of the molecule is COc1cc(-c2ccc(OCC(F)(F)F)nc2)ccc1-c1nccc2cc(S(=O)(=O)Nc3ccon3)ccc12. The first kappa shape index (κ1) is 26.0. The zero-order valence-electron chi connectivity index (χ0n) is 20.1. The largest absolute Gasteiger partial charge is 0.496 e. The highest BCUT2D eigenvalue weighted by Gasteiger charge is 2.28. The van der Waals surface area contributed by atoms with Crippen LogP contribution in [0.5, 0.6) is 11.6 Å². The highest BCUT2D eigenvalue weighted by Crippen LogP contribution is 2.37. The van der Waals surface area contributed by atoms with E-state index in [1.807, 2.05) is 0 Å². The Balaban J connectivity index is 1.45. The summed E-state index contributed by atoms with van der Waals surface area (Å²) in [4.78, 5) is 8.49. The van der Waals surface area contributed by atoms with Crippen LogP contribution in [-0.2, 0) is 10.0 Å². The van der Waals surface area contributed by atoms with E-state index in [1.165, 1.54) is 43.8 Å². The molecule has 0 bridgehead atoms. The molecule has 9 nitrogen and oxygen atoms in total. The van der Waals surface area contributed by atoms with Gasteiger partial charge in [0.05, 0.1) is 17.7 Å². The van der Waals surface area contributed by atoms with E-state index in [1.54, 1.807) is 42.6 Å². The Bertz CT molecular complexity index is 1730.